The normalized spacial score (nSPS) is 17.5. The summed E-state index contributed by atoms with van der Waals surface area (Å²) in [6, 6.07) is 15.3. The third-order valence-electron chi connectivity index (χ3n) is 5.33. The first-order valence-electron chi connectivity index (χ1n) is 9.85. The highest BCUT2D eigenvalue weighted by Crippen LogP contribution is 2.40. The Morgan fingerprint density at radius 2 is 1.88 bits per heavy atom. The summed E-state index contributed by atoms with van der Waals surface area (Å²) >= 11 is 0. The molecule has 4 rings (SSSR count). The highest BCUT2D eigenvalue weighted by Gasteiger charge is 2.46. The Morgan fingerprint density at radius 1 is 1.12 bits per heavy atom. The molecule has 1 atom stereocenters. The van der Waals surface area contributed by atoms with Crippen LogP contribution in [0.4, 0.5) is 5.69 Å². The number of aryl methyl sites for hydroxylation is 1. The molecule has 0 spiro atoms. The average molecular weight is 429 g/mol. The van der Waals surface area contributed by atoms with E-state index in [0.29, 0.717) is 5.56 Å². The number of amides is 1. The second-order valence-corrected chi connectivity index (χ2v) is 7.51. The molecule has 2 aromatic carbocycles. The molecule has 2 heterocycles. The van der Waals surface area contributed by atoms with E-state index in [0.717, 1.165) is 11.1 Å². The van der Waals surface area contributed by atoms with E-state index in [4.69, 9.17) is 0 Å². The van der Waals surface area contributed by atoms with Crippen molar-refractivity contribution in [3.8, 4) is 0 Å². The fourth-order valence-corrected chi connectivity index (χ4v) is 3.81. The molecule has 1 fully saturated rings. The van der Waals surface area contributed by atoms with Gasteiger partial charge in [0.2, 0.25) is 0 Å². The van der Waals surface area contributed by atoms with Gasteiger partial charge in [0.15, 0.2) is 0 Å². The third kappa shape index (κ3) is 3.85. The minimum Gasteiger partial charge on any atom is -0.507 e. The molecule has 1 saturated heterocycles. The number of aliphatic hydroxyl groups excluding tert-OH is 1. The molecule has 160 valence electrons. The zero-order chi connectivity index (χ0) is 22.8. The van der Waals surface area contributed by atoms with E-state index in [1.165, 1.54) is 29.2 Å². The molecule has 1 unspecified atom stereocenters. The first kappa shape index (κ1) is 20.9. The van der Waals surface area contributed by atoms with Crippen molar-refractivity contribution >= 4 is 23.1 Å². The number of nitrogens with zero attached hydrogens (tertiary/aromatic N) is 3. The lowest BCUT2D eigenvalue weighted by atomic mass is 9.94. The number of carbonyl (C=O) groups excluding carboxylic acids is 2. The number of carbonyl (C=O) groups is 2. The van der Waals surface area contributed by atoms with E-state index in [1.54, 1.807) is 30.6 Å². The summed E-state index contributed by atoms with van der Waals surface area (Å²) in [5.74, 6) is -1.92. The number of aliphatic hydroxyl groups is 1. The Bertz CT molecular complexity index is 1240. The van der Waals surface area contributed by atoms with Crippen LogP contribution in [-0.2, 0) is 16.1 Å². The summed E-state index contributed by atoms with van der Waals surface area (Å²) in [4.78, 5) is 41.9. The number of Topliss-reactive ketones (excluding diaryl/α,β-unsaturated/α-hetero) is 1. The maximum atomic E-state index is 13.0. The molecule has 0 saturated carbocycles. The van der Waals surface area contributed by atoms with Gasteiger partial charge in [-0.3, -0.25) is 24.7 Å². The summed E-state index contributed by atoms with van der Waals surface area (Å²) in [6.07, 6.45) is 3.23. The summed E-state index contributed by atoms with van der Waals surface area (Å²) in [5.41, 5.74) is 2.36. The van der Waals surface area contributed by atoms with Crippen LogP contribution >= 0.6 is 0 Å². The average Bonchev–Trinajstić information content (AvgIpc) is 3.04. The molecule has 1 aliphatic rings. The van der Waals surface area contributed by atoms with Crippen LogP contribution < -0.4 is 0 Å². The molecule has 1 N–H and O–H groups in total. The van der Waals surface area contributed by atoms with Gasteiger partial charge in [0.1, 0.15) is 5.76 Å². The molecule has 0 bridgehead atoms. The van der Waals surface area contributed by atoms with Gasteiger partial charge in [0.25, 0.3) is 17.4 Å². The summed E-state index contributed by atoms with van der Waals surface area (Å²) in [6.45, 7) is 2.03. The molecular formula is C24H19N3O5. The monoisotopic (exact) mass is 429 g/mol. The molecule has 32 heavy (non-hydrogen) atoms. The van der Waals surface area contributed by atoms with E-state index in [9.17, 15) is 24.8 Å². The van der Waals surface area contributed by atoms with Crippen molar-refractivity contribution in [3.63, 3.8) is 0 Å². The number of aromatic nitrogens is 1. The van der Waals surface area contributed by atoms with Crippen molar-refractivity contribution in [2.24, 2.45) is 0 Å². The molecule has 8 heteroatoms. The number of rotatable bonds is 5. The molecule has 0 radical (unpaired) electrons. The lowest BCUT2D eigenvalue weighted by molar-refractivity contribution is -0.384. The first-order chi connectivity index (χ1) is 15.4. The van der Waals surface area contributed by atoms with Gasteiger partial charge in [-0.15, -0.1) is 0 Å². The maximum absolute atomic E-state index is 13.0. The first-order valence-corrected chi connectivity index (χ1v) is 9.85. The fourth-order valence-electron chi connectivity index (χ4n) is 3.81. The van der Waals surface area contributed by atoms with Crippen LogP contribution in [0, 0.1) is 17.0 Å². The van der Waals surface area contributed by atoms with Gasteiger partial charge in [-0.05, 0) is 36.2 Å². The molecule has 3 aromatic rings. The number of nitro groups is 1. The molecule has 1 aliphatic heterocycles. The summed E-state index contributed by atoms with van der Waals surface area (Å²) in [5, 5.41) is 22.0. The largest absolute Gasteiger partial charge is 0.507 e. The highest BCUT2D eigenvalue weighted by atomic mass is 16.6. The zero-order valence-electron chi connectivity index (χ0n) is 17.1. The van der Waals surface area contributed by atoms with E-state index >= 15 is 0 Å². The van der Waals surface area contributed by atoms with Gasteiger partial charge in [-0.2, -0.15) is 0 Å². The fraction of sp³-hybridized carbons (Fsp3) is 0.125. The number of nitro benzene ring substituents is 1. The summed E-state index contributed by atoms with van der Waals surface area (Å²) in [7, 11) is 0. The topological polar surface area (TPSA) is 114 Å². The predicted octanol–water partition coefficient (Wildman–Crippen LogP) is 3.92. The number of pyridine rings is 1. The van der Waals surface area contributed by atoms with Crippen molar-refractivity contribution in [1.82, 2.24) is 9.88 Å². The number of likely N-dealkylation sites (tertiary alicyclic amines) is 1. The second-order valence-electron chi connectivity index (χ2n) is 7.51. The third-order valence-corrected chi connectivity index (χ3v) is 5.33. The van der Waals surface area contributed by atoms with Crippen molar-refractivity contribution in [2.45, 2.75) is 19.5 Å². The second kappa shape index (κ2) is 8.43. The SMILES string of the molecule is Cc1cccc(C2/C(=C(/O)c3ccc([N+](=O)[O-])cc3)C(=O)C(=O)N2Cc2cccnc2)c1. The van der Waals surface area contributed by atoms with Crippen molar-refractivity contribution in [3.05, 3.63) is 111 Å². The van der Waals surface area contributed by atoms with E-state index in [2.05, 4.69) is 4.98 Å². The molecule has 0 aliphatic carbocycles. The van der Waals surface area contributed by atoms with Gasteiger partial charge in [0, 0.05) is 36.6 Å². The van der Waals surface area contributed by atoms with Crippen LogP contribution in [0.5, 0.6) is 0 Å². The van der Waals surface area contributed by atoms with E-state index < -0.39 is 22.7 Å². The number of hydrogen-bond donors (Lipinski definition) is 1. The van der Waals surface area contributed by atoms with Crippen LogP contribution in [0.25, 0.3) is 5.76 Å². The van der Waals surface area contributed by atoms with E-state index in [1.807, 2.05) is 25.1 Å². The molecule has 8 nitrogen and oxygen atoms in total. The predicted molar refractivity (Wildman–Crippen MR) is 116 cm³/mol. The zero-order valence-corrected chi connectivity index (χ0v) is 17.1. The molecular weight excluding hydrogens is 410 g/mol. The van der Waals surface area contributed by atoms with Crippen LogP contribution in [-0.4, -0.2) is 31.6 Å². The Labute approximate surface area is 183 Å². The Balaban J connectivity index is 1.85. The Hall–Kier alpha value is -4.33. The number of non-ortho nitro benzene ring substituents is 1. The summed E-state index contributed by atoms with van der Waals surface area (Å²) < 4.78 is 0. The molecule has 1 amide bonds. The maximum Gasteiger partial charge on any atom is 0.295 e. The van der Waals surface area contributed by atoms with Crippen LogP contribution in [0.1, 0.15) is 28.3 Å². The van der Waals surface area contributed by atoms with E-state index in [-0.39, 0.29) is 29.1 Å². The van der Waals surface area contributed by atoms with Crippen LogP contribution in [0.15, 0.2) is 78.6 Å². The Morgan fingerprint density at radius 3 is 2.50 bits per heavy atom. The van der Waals surface area contributed by atoms with Crippen molar-refractivity contribution in [1.29, 1.82) is 0 Å². The smallest absolute Gasteiger partial charge is 0.295 e. The molecule has 1 aromatic heterocycles. The number of benzene rings is 2. The van der Waals surface area contributed by atoms with Crippen molar-refractivity contribution in [2.75, 3.05) is 0 Å². The van der Waals surface area contributed by atoms with Gasteiger partial charge < -0.3 is 10.0 Å². The minimum absolute atomic E-state index is 0.0571. The van der Waals surface area contributed by atoms with Gasteiger partial charge >= 0.3 is 0 Å². The van der Waals surface area contributed by atoms with Gasteiger partial charge in [-0.25, -0.2) is 0 Å². The lowest BCUT2D eigenvalue weighted by Gasteiger charge is -2.25. The van der Waals surface area contributed by atoms with Crippen LogP contribution in [0.2, 0.25) is 0 Å². The van der Waals surface area contributed by atoms with Gasteiger partial charge in [-0.1, -0.05) is 35.9 Å². The number of hydrogen-bond acceptors (Lipinski definition) is 6. The highest BCUT2D eigenvalue weighted by molar-refractivity contribution is 6.46. The van der Waals surface area contributed by atoms with Crippen molar-refractivity contribution < 1.29 is 19.6 Å². The lowest BCUT2D eigenvalue weighted by Crippen LogP contribution is -2.29. The Kier molecular flexibility index (Phi) is 5.51. The number of ketones is 1. The standard InChI is InChI=1S/C24H19N3O5/c1-15-4-2-6-18(12-15)21-20(22(28)17-7-9-19(10-8-17)27(31)32)23(29)24(30)26(21)14-16-5-3-11-25-13-16/h2-13,21,28H,14H2,1H3/b22-20-. The van der Waals surface area contributed by atoms with Gasteiger partial charge in [0.05, 0.1) is 16.5 Å². The minimum atomic E-state index is -0.815. The quantitative estimate of drug-likeness (QED) is 0.216. The van der Waals surface area contributed by atoms with Crippen LogP contribution in [0.3, 0.4) is 0 Å².